The van der Waals surface area contributed by atoms with Crippen LogP contribution in [0.5, 0.6) is 0 Å². The van der Waals surface area contributed by atoms with Gasteiger partial charge in [0.15, 0.2) is 0 Å². The monoisotopic (exact) mass is 269 g/mol. The Morgan fingerprint density at radius 2 is 2.27 bits per heavy atom. The van der Waals surface area contributed by atoms with Gasteiger partial charge in [-0.2, -0.15) is 0 Å². The predicted octanol–water partition coefficient (Wildman–Crippen LogP) is 2.17. The average Bonchev–Trinajstić information content (AvgIpc) is 2.85. The molecule has 78 valence electrons. The minimum atomic E-state index is -0.814. The summed E-state index contributed by atoms with van der Waals surface area (Å²) in [6.07, 6.45) is -0.289. The Morgan fingerprint density at radius 3 is 2.93 bits per heavy atom. The SMILES string of the molecule is O=C1NC[C@]2(C[C@@H]2F)c2cc(Br)ccc21. The third-order valence-corrected chi connectivity index (χ3v) is 3.80. The topological polar surface area (TPSA) is 29.1 Å². The van der Waals surface area contributed by atoms with E-state index < -0.39 is 11.6 Å². The molecule has 1 fully saturated rings. The molecule has 1 aliphatic heterocycles. The third-order valence-electron chi connectivity index (χ3n) is 3.31. The van der Waals surface area contributed by atoms with Crippen molar-refractivity contribution in [3.8, 4) is 0 Å². The zero-order valence-electron chi connectivity index (χ0n) is 7.89. The fourth-order valence-corrected chi connectivity index (χ4v) is 2.64. The number of fused-ring (bicyclic) bond motifs is 2. The molecule has 1 heterocycles. The van der Waals surface area contributed by atoms with Crippen LogP contribution in [-0.4, -0.2) is 18.6 Å². The van der Waals surface area contributed by atoms with E-state index in [1.165, 1.54) is 0 Å². The van der Waals surface area contributed by atoms with Gasteiger partial charge in [0, 0.05) is 22.0 Å². The van der Waals surface area contributed by atoms with Crippen LogP contribution < -0.4 is 5.32 Å². The lowest BCUT2D eigenvalue weighted by Crippen LogP contribution is -2.40. The van der Waals surface area contributed by atoms with Crippen molar-refractivity contribution in [3.63, 3.8) is 0 Å². The molecule has 1 aromatic carbocycles. The number of benzene rings is 1. The van der Waals surface area contributed by atoms with Gasteiger partial charge in [-0.1, -0.05) is 15.9 Å². The van der Waals surface area contributed by atoms with Gasteiger partial charge in [0.1, 0.15) is 6.17 Å². The van der Waals surface area contributed by atoms with Gasteiger partial charge in [0.05, 0.1) is 0 Å². The normalized spacial score (nSPS) is 32.4. The van der Waals surface area contributed by atoms with Crippen LogP contribution in [-0.2, 0) is 5.41 Å². The molecule has 3 rings (SSSR count). The van der Waals surface area contributed by atoms with Crippen molar-refractivity contribution in [2.45, 2.75) is 18.0 Å². The second kappa shape index (κ2) is 2.82. The van der Waals surface area contributed by atoms with Gasteiger partial charge in [-0.15, -0.1) is 0 Å². The Bertz CT molecular complexity index is 462. The number of rotatable bonds is 0. The summed E-state index contributed by atoms with van der Waals surface area (Å²) in [6, 6.07) is 5.43. The molecule has 4 heteroatoms. The van der Waals surface area contributed by atoms with Crippen LogP contribution >= 0.6 is 15.9 Å². The maximum Gasteiger partial charge on any atom is 0.251 e. The van der Waals surface area contributed by atoms with E-state index in [2.05, 4.69) is 21.2 Å². The number of carbonyl (C=O) groups is 1. The smallest absolute Gasteiger partial charge is 0.251 e. The van der Waals surface area contributed by atoms with Gasteiger partial charge < -0.3 is 5.32 Å². The molecule has 2 nitrogen and oxygen atoms in total. The molecule has 0 radical (unpaired) electrons. The first-order valence-electron chi connectivity index (χ1n) is 4.86. The second-order valence-corrected chi connectivity index (χ2v) is 5.12. The zero-order valence-corrected chi connectivity index (χ0v) is 9.47. The summed E-state index contributed by atoms with van der Waals surface area (Å²) in [6.45, 7) is 0.427. The number of hydrogen-bond donors (Lipinski definition) is 1. The van der Waals surface area contributed by atoms with E-state index in [9.17, 15) is 9.18 Å². The lowest BCUT2D eigenvalue weighted by Gasteiger charge is -2.25. The Hall–Kier alpha value is -0.900. The van der Waals surface area contributed by atoms with Gasteiger partial charge in [-0.25, -0.2) is 4.39 Å². The highest BCUT2D eigenvalue weighted by Crippen LogP contribution is 2.53. The highest BCUT2D eigenvalue weighted by Gasteiger charge is 2.59. The fraction of sp³-hybridized carbons (Fsp3) is 0.364. The summed E-state index contributed by atoms with van der Waals surface area (Å²) >= 11 is 3.36. The molecule has 0 saturated heterocycles. The van der Waals surface area contributed by atoms with Crippen molar-refractivity contribution in [1.29, 1.82) is 0 Å². The predicted molar refractivity (Wildman–Crippen MR) is 57.7 cm³/mol. The van der Waals surface area contributed by atoms with Gasteiger partial charge in [-0.05, 0) is 30.2 Å². The maximum atomic E-state index is 13.4. The molecule has 1 saturated carbocycles. The summed E-state index contributed by atoms with van der Waals surface area (Å²) in [7, 11) is 0. The Labute approximate surface area is 95.0 Å². The molecule has 1 amide bonds. The van der Waals surface area contributed by atoms with Gasteiger partial charge >= 0.3 is 0 Å². The number of amides is 1. The van der Waals surface area contributed by atoms with Crippen LogP contribution in [0, 0.1) is 0 Å². The van der Waals surface area contributed by atoms with Gasteiger partial charge in [-0.3, -0.25) is 4.79 Å². The van der Waals surface area contributed by atoms with E-state index in [0.717, 1.165) is 10.0 Å². The van der Waals surface area contributed by atoms with Gasteiger partial charge in [0.25, 0.3) is 5.91 Å². The van der Waals surface area contributed by atoms with Crippen LogP contribution in [0.15, 0.2) is 22.7 Å². The number of alkyl halides is 1. The first kappa shape index (κ1) is 9.33. The van der Waals surface area contributed by atoms with Gasteiger partial charge in [0.2, 0.25) is 0 Å². The Morgan fingerprint density at radius 1 is 1.53 bits per heavy atom. The van der Waals surface area contributed by atoms with E-state index >= 15 is 0 Å². The fourth-order valence-electron chi connectivity index (χ4n) is 2.28. The Balaban J connectivity index is 2.20. The number of hydrogen-bond acceptors (Lipinski definition) is 1. The van der Waals surface area contributed by atoms with Crippen molar-refractivity contribution >= 4 is 21.8 Å². The summed E-state index contributed by atoms with van der Waals surface area (Å²) in [5, 5.41) is 2.75. The highest BCUT2D eigenvalue weighted by molar-refractivity contribution is 9.10. The van der Waals surface area contributed by atoms with E-state index in [1.54, 1.807) is 6.07 Å². The number of carbonyl (C=O) groups excluding carboxylic acids is 1. The molecule has 1 spiro atoms. The number of halogens is 2. The second-order valence-electron chi connectivity index (χ2n) is 4.20. The lowest BCUT2D eigenvalue weighted by atomic mass is 9.87. The first-order chi connectivity index (χ1) is 7.13. The standard InChI is InChI=1S/C11H9BrFNO/c12-6-1-2-7-8(3-6)11(4-9(11)13)5-14-10(7)15/h1-3,9H,4-5H2,(H,14,15)/t9-,11+/m0/s1. The molecular formula is C11H9BrFNO. The van der Waals surface area contributed by atoms with Crippen LogP contribution in [0.4, 0.5) is 4.39 Å². The van der Waals surface area contributed by atoms with Crippen LogP contribution in [0.1, 0.15) is 22.3 Å². The van der Waals surface area contributed by atoms with E-state index in [4.69, 9.17) is 0 Å². The van der Waals surface area contributed by atoms with Crippen molar-refractivity contribution in [2.24, 2.45) is 0 Å². The van der Waals surface area contributed by atoms with Crippen molar-refractivity contribution in [3.05, 3.63) is 33.8 Å². The molecule has 0 aromatic heterocycles. The highest BCUT2D eigenvalue weighted by atomic mass is 79.9. The van der Waals surface area contributed by atoms with Crippen LogP contribution in [0.3, 0.4) is 0 Å². The molecule has 2 aliphatic rings. The minimum Gasteiger partial charge on any atom is -0.351 e. The molecule has 15 heavy (non-hydrogen) atoms. The average molecular weight is 270 g/mol. The molecule has 2 atom stereocenters. The molecule has 1 N–H and O–H groups in total. The quantitative estimate of drug-likeness (QED) is 0.769. The van der Waals surface area contributed by atoms with Crippen LogP contribution in [0.2, 0.25) is 0 Å². The van der Waals surface area contributed by atoms with E-state index in [-0.39, 0.29) is 5.91 Å². The molecule has 1 aliphatic carbocycles. The molecule has 0 unspecified atom stereocenters. The summed E-state index contributed by atoms with van der Waals surface area (Å²) in [5.74, 6) is -0.0952. The first-order valence-corrected chi connectivity index (χ1v) is 5.65. The zero-order chi connectivity index (χ0) is 10.6. The summed E-state index contributed by atoms with van der Waals surface area (Å²) in [4.78, 5) is 11.6. The lowest BCUT2D eigenvalue weighted by molar-refractivity contribution is 0.0935. The molecule has 1 aromatic rings. The van der Waals surface area contributed by atoms with Crippen molar-refractivity contribution in [2.75, 3.05) is 6.54 Å². The van der Waals surface area contributed by atoms with E-state index in [0.29, 0.717) is 18.5 Å². The summed E-state index contributed by atoms with van der Waals surface area (Å²) < 4.78 is 14.3. The van der Waals surface area contributed by atoms with Crippen molar-refractivity contribution in [1.82, 2.24) is 5.32 Å². The minimum absolute atomic E-state index is 0.0952. The number of nitrogens with one attached hydrogen (secondary N) is 1. The third kappa shape index (κ3) is 1.17. The largest absolute Gasteiger partial charge is 0.351 e. The summed E-state index contributed by atoms with van der Waals surface area (Å²) in [5.41, 5.74) is 1.03. The van der Waals surface area contributed by atoms with Crippen molar-refractivity contribution < 1.29 is 9.18 Å². The molecular weight excluding hydrogens is 261 g/mol. The van der Waals surface area contributed by atoms with Crippen LogP contribution in [0.25, 0.3) is 0 Å². The van der Waals surface area contributed by atoms with E-state index in [1.807, 2.05) is 12.1 Å². The maximum absolute atomic E-state index is 13.4. The Kier molecular flexibility index (Phi) is 1.75. The molecule has 0 bridgehead atoms.